The van der Waals surface area contributed by atoms with Crippen molar-refractivity contribution in [3.63, 3.8) is 0 Å². The number of ether oxygens (including phenoxy) is 4. The molecule has 0 bridgehead atoms. The van der Waals surface area contributed by atoms with E-state index in [2.05, 4.69) is 9.55 Å². The second kappa shape index (κ2) is 6.86. The van der Waals surface area contributed by atoms with Crippen LogP contribution in [0.4, 0.5) is 0 Å². The molecule has 8 heteroatoms. The van der Waals surface area contributed by atoms with Gasteiger partial charge in [-0.1, -0.05) is 6.07 Å². The molecule has 2 aromatic carbocycles. The van der Waals surface area contributed by atoms with E-state index in [1.54, 1.807) is 6.20 Å². The maximum absolute atomic E-state index is 5.54. The van der Waals surface area contributed by atoms with Gasteiger partial charge in [-0.15, -0.1) is 12.4 Å². The van der Waals surface area contributed by atoms with Crippen LogP contribution < -0.4 is 18.9 Å². The highest BCUT2D eigenvalue weighted by Gasteiger charge is 2.20. The highest BCUT2D eigenvalue weighted by atomic mass is 35.5. The number of rotatable bonds is 3. The molecule has 0 fully saturated rings. The van der Waals surface area contributed by atoms with Crippen molar-refractivity contribution in [1.82, 2.24) is 14.5 Å². The zero-order chi connectivity index (χ0) is 18.5. The van der Waals surface area contributed by atoms with Crippen molar-refractivity contribution in [1.29, 1.82) is 0 Å². The van der Waals surface area contributed by atoms with Gasteiger partial charge in [0.25, 0.3) is 0 Å². The third-order valence-electron chi connectivity index (χ3n) is 4.91. The van der Waals surface area contributed by atoms with Crippen LogP contribution in [0.25, 0.3) is 22.6 Å². The maximum Gasteiger partial charge on any atom is 0.231 e. The minimum absolute atomic E-state index is 0. The molecule has 146 valence electrons. The molecule has 4 aromatic rings. The maximum atomic E-state index is 5.54. The highest BCUT2D eigenvalue weighted by molar-refractivity contribution is 5.85. The summed E-state index contributed by atoms with van der Waals surface area (Å²) in [5.41, 5.74) is 3.70. The lowest BCUT2D eigenvalue weighted by Crippen LogP contribution is -2.03. The van der Waals surface area contributed by atoms with Crippen LogP contribution in [0.1, 0.15) is 5.56 Å². The quantitative estimate of drug-likeness (QED) is 0.509. The summed E-state index contributed by atoms with van der Waals surface area (Å²) in [6.45, 7) is 1.11. The summed E-state index contributed by atoms with van der Waals surface area (Å²) in [6, 6.07) is 15.7. The molecule has 29 heavy (non-hydrogen) atoms. The SMILES string of the molecule is Cl.c1cnc2c(c1)nc(-c1ccc3c(c1)OCO3)n2Cc1ccc2c(c1)OCO2. The van der Waals surface area contributed by atoms with Gasteiger partial charge >= 0.3 is 0 Å². The fourth-order valence-corrected chi connectivity index (χ4v) is 3.59. The third kappa shape index (κ3) is 2.91. The number of halogens is 1. The number of imidazole rings is 1. The van der Waals surface area contributed by atoms with Crippen LogP contribution in [0.15, 0.2) is 54.7 Å². The van der Waals surface area contributed by atoms with Gasteiger partial charge in [0, 0.05) is 11.8 Å². The van der Waals surface area contributed by atoms with E-state index in [9.17, 15) is 0 Å². The van der Waals surface area contributed by atoms with Crippen LogP contribution in [0.2, 0.25) is 0 Å². The standard InChI is InChI=1S/C21H15N3O4.ClH/c1-2-15-21(22-7-1)24(10-13-3-5-16-18(8-13)27-11-25-16)20(23-15)14-4-6-17-19(9-14)28-12-26-17;/h1-9H,10-12H2;1H. The van der Waals surface area contributed by atoms with E-state index < -0.39 is 0 Å². The molecule has 0 N–H and O–H groups in total. The topological polar surface area (TPSA) is 67.6 Å². The van der Waals surface area contributed by atoms with Crippen molar-refractivity contribution in [3.8, 4) is 34.4 Å². The lowest BCUT2D eigenvalue weighted by atomic mass is 10.1. The molecule has 0 atom stereocenters. The summed E-state index contributed by atoms with van der Waals surface area (Å²) in [5, 5.41) is 0. The van der Waals surface area contributed by atoms with E-state index in [0.29, 0.717) is 6.54 Å². The van der Waals surface area contributed by atoms with Crippen molar-refractivity contribution >= 4 is 23.6 Å². The number of hydrogen-bond donors (Lipinski definition) is 0. The van der Waals surface area contributed by atoms with Gasteiger partial charge in [0.1, 0.15) is 11.3 Å². The number of aromatic nitrogens is 3. The number of hydrogen-bond acceptors (Lipinski definition) is 6. The van der Waals surface area contributed by atoms with Crippen molar-refractivity contribution < 1.29 is 18.9 Å². The average Bonchev–Trinajstić information content (AvgIpc) is 3.45. The number of benzene rings is 2. The van der Waals surface area contributed by atoms with Crippen molar-refractivity contribution in [2.24, 2.45) is 0 Å². The Kier molecular flexibility index (Phi) is 4.17. The summed E-state index contributed by atoms with van der Waals surface area (Å²) in [6.07, 6.45) is 1.78. The third-order valence-corrected chi connectivity index (χ3v) is 4.91. The zero-order valence-electron chi connectivity index (χ0n) is 15.2. The van der Waals surface area contributed by atoms with E-state index in [0.717, 1.165) is 51.1 Å². The molecule has 7 nitrogen and oxygen atoms in total. The fraction of sp³-hybridized carbons (Fsp3) is 0.143. The summed E-state index contributed by atoms with van der Waals surface area (Å²) >= 11 is 0. The predicted molar refractivity (Wildman–Crippen MR) is 108 cm³/mol. The highest BCUT2D eigenvalue weighted by Crippen LogP contribution is 2.37. The van der Waals surface area contributed by atoms with Gasteiger partial charge in [-0.05, 0) is 48.0 Å². The number of pyridine rings is 1. The molecule has 0 amide bonds. The van der Waals surface area contributed by atoms with E-state index in [-0.39, 0.29) is 26.0 Å². The van der Waals surface area contributed by atoms with Crippen molar-refractivity contribution in [2.45, 2.75) is 6.54 Å². The Morgan fingerprint density at radius 2 is 1.55 bits per heavy atom. The normalized spacial score (nSPS) is 13.5. The first-order valence-corrected chi connectivity index (χ1v) is 8.95. The van der Waals surface area contributed by atoms with E-state index in [1.165, 1.54) is 0 Å². The van der Waals surface area contributed by atoms with E-state index in [1.807, 2.05) is 48.5 Å². The summed E-state index contributed by atoms with van der Waals surface area (Å²) in [5.74, 6) is 3.84. The van der Waals surface area contributed by atoms with Crippen LogP contribution >= 0.6 is 12.4 Å². The fourth-order valence-electron chi connectivity index (χ4n) is 3.59. The molecular formula is C21H16ClN3O4. The Morgan fingerprint density at radius 3 is 2.38 bits per heavy atom. The monoisotopic (exact) mass is 409 g/mol. The second-order valence-electron chi connectivity index (χ2n) is 6.62. The Balaban J connectivity index is 0.00000181. The Labute approximate surface area is 172 Å². The molecule has 0 aliphatic carbocycles. The summed E-state index contributed by atoms with van der Waals surface area (Å²) in [4.78, 5) is 9.38. The van der Waals surface area contributed by atoms with Gasteiger partial charge < -0.3 is 23.5 Å². The first kappa shape index (κ1) is 17.6. The summed E-state index contributed by atoms with van der Waals surface area (Å²) in [7, 11) is 0. The molecule has 2 aromatic heterocycles. The number of nitrogens with zero attached hydrogens (tertiary/aromatic N) is 3. The first-order valence-electron chi connectivity index (χ1n) is 8.95. The Bertz CT molecular complexity index is 1220. The van der Waals surface area contributed by atoms with Crippen molar-refractivity contribution in [3.05, 3.63) is 60.3 Å². The molecular weight excluding hydrogens is 394 g/mol. The van der Waals surface area contributed by atoms with Gasteiger partial charge in [-0.25, -0.2) is 9.97 Å². The van der Waals surface area contributed by atoms with Gasteiger partial charge in [0.2, 0.25) is 13.6 Å². The van der Waals surface area contributed by atoms with E-state index >= 15 is 0 Å². The lowest BCUT2D eigenvalue weighted by Gasteiger charge is -2.10. The Morgan fingerprint density at radius 1 is 0.828 bits per heavy atom. The molecule has 2 aliphatic heterocycles. The minimum atomic E-state index is 0. The summed E-state index contributed by atoms with van der Waals surface area (Å²) < 4.78 is 24.0. The lowest BCUT2D eigenvalue weighted by molar-refractivity contribution is 0.173. The molecule has 0 unspecified atom stereocenters. The van der Waals surface area contributed by atoms with Crippen LogP contribution in [0.3, 0.4) is 0 Å². The van der Waals surface area contributed by atoms with Gasteiger partial charge in [0.05, 0.1) is 6.54 Å². The van der Waals surface area contributed by atoms with Gasteiger partial charge in [-0.3, -0.25) is 0 Å². The number of fused-ring (bicyclic) bond motifs is 3. The molecule has 0 spiro atoms. The van der Waals surface area contributed by atoms with Crippen molar-refractivity contribution in [2.75, 3.05) is 13.6 Å². The van der Waals surface area contributed by atoms with E-state index in [4.69, 9.17) is 23.9 Å². The Hall–Kier alpha value is -3.45. The van der Waals surface area contributed by atoms with Gasteiger partial charge in [-0.2, -0.15) is 0 Å². The molecule has 4 heterocycles. The molecule has 0 radical (unpaired) electrons. The van der Waals surface area contributed by atoms with Crippen LogP contribution in [0, 0.1) is 0 Å². The minimum Gasteiger partial charge on any atom is -0.454 e. The largest absolute Gasteiger partial charge is 0.454 e. The van der Waals surface area contributed by atoms with Gasteiger partial charge in [0.15, 0.2) is 28.6 Å². The molecule has 6 rings (SSSR count). The van der Waals surface area contributed by atoms with Crippen LogP contribution in [-0.4, -0.2) is 28.1 Å². The molecule has 0 saturated carbocycles. The first-order chi connectivity index (χ1) is 13.8. The zero-order valence-corrected chi connectivity index (χ0v) is 16.0. The predicted octanol–water partition coefficient (Wildman–Crippen LogP) is 4.03. The second-order valence-corrected chi connectivity index (χ2v) is 6.62. The smallest absolute Gasteiger partial charge is 0.231 e. The van der Waals surface area contributed by atoms with Crippen LogP contribution in [-0.2, 0) is 6.54 Å². The average molecular weight is 410 g/mol. The molecule has 2 aliphatic rings. The molecule has 0 saturated heterocycles. The van der Waals surface area contributed by atoms with Crippen LogP contribution in [0.5, 0.6) is 23.0 Å².